The first-order valence-electron chi connectivity index (χ1n) is 6.12. The summed E-state index contributed by atoms with van der Waals surface area (Å²) in [6.45, 7) is 5.44. The van der Waals surface area contributed by atoms with E-state index >= 15 is 0 Å². The molecule has 0 bridgehead atoms. The molecule has 0 radical (unpaired) electrons. The van der Waals surface area contributed by atoms with Crippen LogP contribution in [0.3, 0.4) is 0 Å². The van der Waals surface area contributed by atoms with Gasteiger partial charge in [0.2, 0.25) is 0 Å². The lowest BCUT2D eigenvalue weighted by Crippen LogP contribution is -2.42. The molecule has 1 saturated heterocycles. The molecule has 1 N–H and O–H groups in total. The zero-order valence-corrected chi connectivity index (χ0v) is 10.7. The van der Waals surface area contributed by atoms with Crippen molar-refractivity contribution >= 4 is 0 Å². The summed E-state index contributed by atoms with van der Waals surface area (Å²) in [4.78, 5) is 0. The number of ether oxygens (including phenoxy) is 2. The van der Waals surface area contributed by atoms with Crippen LogP contribution in [-0.2, 0) is 22.6 Å². The predicted octanol–water partition coefficient (Wildman–Crippen LogP) is 2.10. The average molecular weight is 235 g/mol. The first-order chi connectivity index (χ1) is 8.23. The van der Waals surface area contributed by atoms with Crippen LogP contribution in [0.1, 0.15) is 24.5 Å². The summed E-state index contributed by atoms with van der Waals surface area (Å²) < 4.78 is 10.7. The van der Waals surface area contributed by atoms with Crippen molar-refractivity contribution in [3.8, 4) is 0 Å². The molecule has 1 aliphatic heterocycles. The minimum absolute atomic E-state index is 0.125. The SMILES string of the molecule is COCc1ccccc1CNC1(C)CCOC1. The van der Waals surface area contributed by atoms with E-state index < -0.39 is 0 Å². The number of nitrogens with one attached hydrogen (secondary N) is 1. The summed E-state index contributed by atoms with van der Waals surface area (Å²) in [5.74, 6) is 0. The van der Waals surface area contributed by atoms with Gasteiger partial charge in [0, 0.05) is 25.8 Å². The van der Waals surface area contributed by atoms with Gasteiger partial charge < -0.3 is 14.8 Å². The Morgan fingerprint density at radius 2 is 2.12 bits per heavy atom. The third-order valence-corrected chi connectivity index (χ3v) is 3.34. The molecule has 1 unspecified atom stereocenters. The lowest BCUT2D eigenvalue weighted by Gasteiger charge is -2.24. The van der Waals surface area contributed by atoms with E-state index in [0.717, 1.165) is 26.2 Å². The third-order valence-electron chi connectivity index (χ3n) is 3.34. The molecule has 0 amide bonds. The van der Waals surface area contributed by atoms with Gasteiger partial charge in [0.15, 0.2) is 0 Å². The first kappa shape index (κ1) is 12.6. The van der Waals surface area contributed by atoms with Gasteiger partial charge in [0.1, 0.15) is 0 Å². The molecule has 3 heteroatoms. The Labute approximate surface area is 103 Å². The number of rotatable bonds is 5. The summed E-state index contributed by atoms with van der Waals surface area (Å²) in [5.41, 5.74) is 2.69. The molecule has 17 heavy (non-hydrogen) atoms. The summed E-state index contributed by atoms with van der Waals surface area (Å²) in [7, 11) is 1.73. The van der Waals surface area contributed by atoms with E-state index in [2.05, 4.69) is 36.5 Å². The molecule has 3 nitrogen and oxygen atoms in total. The molecule has 0 saturated carbocycles. The van der Waals surface area contributed by atoms with Crippen molar-refractivity contribution in [2.24, 2.45) is 0 Å². The van der Waals surface area contributed by atoms with Crippen molar-refractivity contribution in [3.63, 3.8) is 0 Å². The second-order valence-corrected chi connectivity index (χ2v) is 4.92. The highest BCUT2D eigenvalue weighted by atomic mass is 16.5. The minimum atomic E-state index is 0.125. The van der Waals surface area contributed by atoms with Crippen molar-refractivity contribution < 1.29 is 9.47 Å². The number of hydrogen-bond acceptors (Lipinski definition) is 3. The highest BCUT2D eigenvalue weighted by Gasteiger charge is 2.28. The number of methoxy groups -OCH3 is 1. The maximum absolute atomic E-state index is 5.44. The van der Waals surface area contributed by atoms with Crippen molar-refractivity contribution in [1.82, 2.24) is 5.32 Å². The minimum Gasteiger partial charge on any atom is -0.380 e. The highest BCUT2D eigenvalue weighted by Crippen LogP contribution is 2.19. The van der Waals surface area contributed by atoms with Crippen molar-refractivity contribution in [1.29, 1.82) is 0 Å². The van der Waals surface area contributed by atoms with E-state index in [1.54, 1.807) is 7.11 Å². The van der Waals surface area contributed by atoms with E-state index in [4.69, 9.17) is 9.47 Å². The zero-order valence-electron chi connectivity index (χ0n) is 10.7. The molecule has 1 fully saturated rings. The average Bonchev–Trinajstić information content (AvgIpc) is 2.76. The Kier molecular flexibility index (Phi) is 4.15. The molecule has 1 heterocycles. The van der Waals surface area contributed by atoms with Gasteiger partial charge in [-0.2, -0.15) is 0 Å². The summed E-state index contributed by atoms with van der Waals surface area (Å²) >= 11 is 0. The summed E-state index contributed by atoms with van der Waals surface area (Å²) in [6.07, 6.45) is 1.08. The Balaban J connectivity index is 1.98. The molecule has 0 aliphatic carbocycles. The number of benzene rings is 1. The van der Waals surface area contributed by atoms with Crippen LogP contribution in [0.15, 0.2) is 24.3 Å². The van der Waals surface area contributed by atoms with E-state index in [1.165, 1.54) is 11.1 Å². The van der Waals surface area contributed by atoms with Crippen LogP contribution < -0.4 is 5.32 Å². The predicted molar refractivity (Wildman–Crippen MR) is 67.8 cm³/mol. The topological polar surface area (TPSA) is 30.5 Å². The lowest BCUT2D eigenvalue weighted by molar-refractivity contribution is 0.170. The smallest absolute Gasteiger partial charge is 0.0716 e. The van der Waals surface area contributed by atoms with Crippen LogP contribution >= 0.6 is 0 Å². The molecular weight excluding hydrogens is 214 g/mol. The van der Waals surface area contributed by atoms with Gasteiger partial charge in [-0.1, -0.05) is 24.3 Å². The fourth-order valence-electron chi connectivity index (χ4n) is 2.14. The Morgan fingerprint density at radius 3 is 2.76 bits per heavy atom. The van der Waals surface area contributed by atoms with Gasteiger partial charge >= 0.3 is 0 Å². The third kappa shape index (κ3) is 3.28. The van der Waals surface area contributed by atoms with Crippen LogP contribution in [-0.4, -0.2) is 25.9 Å². The van der Waals surface area contributed by atoms with Gasteiger partial charge in [-0.15, -0.1) is 0 Å². The normalized spacial score (nSPS) is 24.1. The molecule has 0 aromatic heterocycles. The Hall–Kier alpha value is -0.900. The molecule has 1 aromatic rings. The van der Waals surface area contributed by atoms with E-state index in [9.17, 15) is 0 Å². The molecule has 1 atom stereocenters. The second-order valence-electron chi connectivity index (χ2n) is 4.92. The fourth-order valence-corrected chi connectivity index (χ4v) is 2.14. The zero-order chi connectivity index (χ0) is 12.1. The number of hydrogen-bond donors (Lipinski definition) is 1. The molecule has 1 aromatic carbocycles. The van der Waals surface area contributed by atoms with E-state index in [0.29, 0.717) is 6.61 Å². The van der Waals surface area contributed by atoms with E-state index in [1.807, 2.05) is 0 Å². The Bertz CT molecular complexity index is 359. The van der Waals surface area contributed by atoms with Crippen LogP contribution in [0.4, 0.5) is 0 Å². The Morgan fingerprint density at radius 1 is 1.35 bits per heavy atom. The standard InChI is InChI=1S/C14H21NO2/c1-14(7-8-17-11-14)15-9-12-5-3-4-6-13(12)10-16-2/h3-6,15H,7-11H2,1-2H3. The second kappa shape index (κ2) is 5.63. The van der Waals surface area contributed by atoms with Gasteiger partial charge in [-0.05, 0) is 24.5 Å². The first-order valence-corrected chi connectivity index (χ1v) is 6.12. The summed E-state index contributed by atoms with van der Waals surface area (Å²) in [6, 6.07) is 8.40. The maximum Gasteiger partial charge on any atom is 0.0716 e. The van der Waals surface area contributed by atoms with Crippen molar-refractivity contribution in [2.75, 3.05) is 20.3 Å². The monoisotopic (exact) mass is 235 g/mol. The van der Waals surface area contributed by atoms with Crippen LogP contribution in [0.25, 0.3) is 0 Å². The quantitative estimate of drug-likeness (QED) is 0.848. The van der Waals surface area contributed by atoms with Gasteiger partial charge in [-0.3, -0.25) is 0 Å². The largest absolute Gasteiger partial charge is 0.380 e. The van der Waals surface area contributed by atoms with Gasteiger partial charge in [0.05, 0.1) is 13.2 Å². The molecule has 2 rings (SSSR count). The van der Waals surface area contributed by atoms with Gasteiger partial charge in [-0.25, -0.2) is 0 Å². The maximum atomic E-state index is 5.44. The molecule has 1 aliphatic rings. The van der Waals surface area contributed by atoms with E-state index in [-0.39, 0.29) is 5.54 Å². The molecule has 94 valence electrons. The van der Waals surface area contributed by atoms with Crippen molar-refractivity contribution in [3.05, 3.63) is 35.4 Å². The van der Waals surface area contributed by atoms with Crippen molar-refractivity contribution in [2.45, 2.75) is 32.0 Å². The van der Waals surface area contributed by atoms with Crippen LogP contribution in [0.5, 0.6) is 0 Å². The molecule has 0 spiro atoms. The highest BCUT2D eigenvalue weighted by molar-refractivity contribution is 5.26. The lowest BCUT2D eigenvalue weighted by atomic mass is 10.0. The molecular formula is C14H21NO2. The van der Waals surface area contributed by atoms with Crippen LogP contribution in [0.2, 0.25) is 0 Å². The fraction of sp³-hybridized carbons (Fsp3) is 0.571. The van der Waals surface area contributed by atoms with Crippen LogP contribution in [0, 0.1) is 0 Å². The van der Waals surface area contributed by atoms with Gasteiger partial charge in [0.25, 0.3) is 0 Å². The summed E-state index contributed by atoms with van der Waals surface area (Å²) in [5, 5.41) is 3.59.